The van der Waals surface area contributed by atoms with Crippen LogP contribution in [-0.2, 0) is 43.0 Å². The maximum Gasteiger partial charge on any atom is 0.451 e. The average molecular weight is 462 g/mol. The number of amides is 1. The van der Waals surface area contributed by atoms with Crippen molar-refractivity contribution in [3.8, 4) is 0 Å². The molecule has 0 saturated heterocycles. The molecule has 0 unspecified atom stereocenters. The molecule has 1 aliphatic heterocycles. The number of carbonyl (C=O) groups is 1. The number of carbonyl (C=O) groups excluding carboxylic acids is 1. The van der Waals surface area contributed by atoms with E-state index >= 15 is 0 Å². The Kier molecular flexibility index (Phi) is 5.56. The smallest absolute Gasteiger partial charge is 0.445 e. The highest BCUT2D eigenvalue weighted by Crippen LogP contribution is 2.36. The van der Waals surface area contributed by atoms with Crippen molar-refractivity contribution in [1.82, 2.24) is 19.7 Å². The molecule has 0 radical (unpaired) electrons. The summed E-state index contributed by atoms with van der Waals surface area (Å²) in [7, 11) is 0. The number of benzene rings is 1. The third kappa shape index (κ3) is 5.02. The predicted molar refractivity (Wildman–Crippen MR) is 82.1 cm³/mol. The lowest BCUT2D eigenvalue weighted by atomic mass is 10.1. The van der Waals surface area contributed by atoms with E-state index in [2.05, 4.69) is 10.2 Å². The summed E-state index contributed by atoms with van der Waals surface area (Å²) in [6.07, 6.45) is -16.0. The molecule has 0 saturated carbocycles. The molecule has 170 valence electrons. The molecule has 0 fully saturated rings. The summed E-state index contributed by atoms with van der Waals surface area (Å²) in [5, 5.41) is 6.36. The molecular formula is C16H11F9N4O2. The van der Waals surface area contributed by atoms with Crippen molar-refractivity contribution in [3.05, 3.63) is 46.5 Å². The second-order valence-corrected chi connectivity index (χ2v) is 6.48. The van der Waals surface area contributed by atoms with Crippen molar-refractivity contribution < 1.29 is 49.0 Å². The van der Waals surface area contributed by atoms with Crippen molar-refractivity contribution in [3.63, 3.8) is 0 Å². The van der Waals surface area contributed by atoms with E-state index < -0.39 is 60.3 Å². The molecule has 1 aromatic heterocycles. The number of hydrogen-bond acceptors (Lipinski definition) is 4. The zero-order valence-corrected chi connectivity index (χ0v) is 15.1. The summed E-state index contributed by atoms with van der Waals surface area (Å²) < 4.78 is 121. The van der Waals surface area contributed by atoms with E-state index in [1.807, 2.05) is 0 Å². The van der Waals surface area contributed by atoms with E-state index in [-0.39, 0.29) is 25.0 Å². The summed E-state index contributed by atoms with van der Waals surface area (Å²) in [6, 6.07) is 0.747. The number of ether oxygens (including phenoxy) is 1. The number of aromatic nitrogens is 3. The molecule has 31 heavy (non-hydrogen) atoms. The molecule has 2 heterocycles. The summed E-state index contributed by atoms with van der Waals surface area (Å²) in [6.45, 7) is -1.93. The van der Waals surface area contributed by atoms with Crippen LogP contribution in [0.15, 0.2) is 18.2 Å². The summed E-state index contributed by atoms with van der Waals surface area (Å²) in [5.74, 6) is -1.45. The van der Waals surface area contributed by atoms with Gasteiger partial charge < -0.3 is 9.30 Å². The third-order valence-electron chi connectivity index (χ3n) is 4.27. The fourth-order valence-electron chi connectivity index (χ4n) is 2.86. The first-order chi connectivity index (χ1) is 14.2. The van der Waals surface area contributed by atoms with Gasteiger partial charge in [-0.3, -0.25) is 4.90 Å². The molecule has 0 N–H and O–H groups in total. The molecule has 1 aliphatic rings. The zero-order chi connectivity index (χ0) is 23.2. The average Bonchev–Trinajstić information content (AvgIpc) is 3.08. The van der Waals surface area contributed by atoms with Gasteiger partial charge in [-0.05, 0) is 23.8 Å². The van der Waals surface area contributed by atoms with Gasteiger partial charge in [0.05, 0.1) is 17.7 Å². The molecule has 0 bridgehead atoms. The monoisotopic (exact) mass is 462 g/mol. The van der Waals surface area contributed by atoms with E-state index in [0.717, 1.165) is 9.47 Å². The van der Waals surface area contributed by atoms with Gasteiger partial charge in [0, 0.05) is 13.1 Å². The van der Waals surface area contributed by atoms with Gasteiger partial charge >= 0.3 is 24.6 Å². The van der Waals surface area contributed by atoms with Crippen LogP contribution in [0, 0.1) is 0 Å². The second kappa shape index (κ2) is 7.60. The molecule has 1 aromatic carbocycles. The Morgan fingerprint density at radius 3 is 1.97 bits per heavy atom. The maximum absolute atomic E-state index is 12.9. The SMILES string of the molecule is O=C(OCc1cc(C(F)(F)F)cc(C(F)(F)F)c1)N1CCn2c(nnc2C(F)(F)F)C1. The van der Waals surface area contributed by atoms with Crippen LogP contribution in [0.3, 0.4) is 0 Å². The molecule has 0 atom stereocenters. The fourth-order valence-corrected chi connectivity index (χ4v) is 2.86. The van der Waals surface area contributed by atoms with Crippen LogP contribution in [0.25, 0.3) is 0 Å². The van der Waals surface area contributed by atoms with Gasteiger partial charge in [0.25, 0.3) is 0 Å². The van der Waals surface area contributed by atoms with E-state index in [1.54, 1.807) is 0 Å². The van der Waals surface area contributed by atoms with Crippen molar-refractivity contribution in [2.45, 2.75) is 38.2 Å². The number of nitrogens with zero attached hydrogens (tertiary/aromatic N) is 4. The van der Waals surface area contributed by atoms with Gasteiger partial charge in [0.1, 0.15) is 6.61 Å². The lowest BCUT2D eigenvalue weighted by Gasteiger charge is -2.27. The Bertz CT molecular complexity index is 947. The Labute approximate surface area is 167 Å². The van der Waals surface area contributed by atoms with Crippen molar-refractivity contribution in [2.24, 2.45) is 0 Å². The fraction of sp³-hybridized carbons (Fsp3) is 0.438. The van der Waals surface area contributed by atoms with Crippen LogP contribution in [0.1, 0.15) is 28.3 Å². The Hall–Kier alpha value is -3.00. The van der Waals surface area contributed by atoms with Crippen LogP contribution in [0.5, 0.6) is 0 Å². The van der Waals surface area contributed by atoms with E-state index in [1.165, 1.54) is 0 Å². The van der Waals surface area contributed by atoms with Crippen LogP contribution < -0.4 is 0 Å². The van der Waals surface area contributed by atoms with Crippen molar-refractivity contribution >= 4 is 6.09 Å². The van der Waals surface area contributed by atoms with Crippen molar-refractivity contribution in [1.29, 1.82) is 0 Å². The van der Waals surface area contributed by atoms with Gasteiger partial charge in [0.15, 0.2) is 5.82 Å². The number of rotatable bonds is 2. The van der Waals surface area contributed by atoms with E-state index in [9.17, 15) is 44.3 Å². The van der Waals surface area contributed by atoms with Crippen LogP contribution in [0.2, 0.25) is 0 Å². The molecule has 3 rings (SSSR count). The Morgan fingerprint density at radius 1 is 0.871 bits per heavy atom. The standard InChI is InChI=1S/C16H11F9N4O2/c17-14(18,19)9-3-8(4-10(5-9)15(20,21)22)7-31-13(30)28-1-2-29-11(6-28)26-27-12(29)16(23,24)25/h3-5H,1-2,6-7H2. The molecule has 0 spiro atoms. The maximum atomic E-state index is 12.9. The lowest BCUT2D eigenvalue weighted by Crippen LogP contribution is -2.39. The molecule has 1 amide bonds. The predicted octanol–water partition coefficient (Wildman–Crippen LogP) is 4.49. The first-order valence-electron chi connectivity index (χ1n) is 8.35. The van der Waals surface area contributed by atoms with Gasteiger partial charge in [-0.1, -0.05) is 0 Å². The van der Waals surface area contributed by atoms with Gasteiger partial charge in [-0.2, -0.15) is 39.5 Å². The van der Waals surface area contributed by atoms with Crippen LogP contribution in [-0.4, -0.2) is 32.3 Å². The first-order valence-corrected chi connectivity index (χ1v) is 8.35. The number of fused-ring (bicyclic) bond motifs is 1. The second-order valence-electron chi connectivity index (χ2n) is 6.48. The van der Waals surface area contributed by atoms with E-state index in [4.69, 9.17) is 4.74 Å². The van der Waals surface area contributed by atoms with Gasteiger partial charge in [0.2, 0.25) is 5.82 Å². The first kappa shape index (κ1) is 22.7. The minimum Gasteiger partial charge on any atom is -0.445 e. The Balaban J connectivity index is 1.72. The molecule has 15 heteroatoms. The summed E-state index contributed by atoms with van der Waals surface area (Å²) in [5.41, 5.74) is -3.70. The third-order valence-corrected chi connectivity index (χ3v) is 4.27. The number of halogens is 9. The topological polar surface area (TPSA) is 60.2 Å². The number of alkyl halides is 9. The largest absolute Gasteiger partial charge is 0.451 e. The number of hydrogen-bond donors (Lipinski definition) is 0. The highest BCUT2D eigenvalue weighted by atomic mass is 19.4. The molecule has 6 nitrogen and oxygen atoms in total. The minimum absolute atomic E-state index is 0.0684. The van der Waals surface area contributed by atoms with Gasteiger partial charge in [-0.25, -0.2) is 4.79 Å². The summed E-state index contributed by atoms with van der Waals surface area (Å²) >= 11 is 0. The van der Waals surface area contributed by atoms with Crippen LogP contribution in [0.4, 0.5) is 44.3 Å². The highest BCUT2D eigenvalue weighted by Gasteiger charge is 2.40. The van der Waals surface area contributed by atoms with E-state index in [0.29, 0.717) is 12.1 Å². The zero-order valence-electron chi connectivity index (χ0n) is 15.1. The molecule has 0 aliphatic carbocycles. The Morgan fingerprint density at radius 2 is 1.45 bits per heavy atom. The lowest BCUT2D eigenvalue weighted by molar-refractivity contribution is -0.148. The quantitative estimate of drug-likeness (QED) is 0.618. The normalized spacial score (nSPS) is 15.1. The van der Waals surface area contributed by atoms with Gasteiger partial charge in [-0.15, -0.1) is 10.2 Å². The molecular weight excluding hydrogens is 451 g/mol. The van der Waals surface area contributed by atoms with Crippen molar-refractivity contribution in [2.75, 3.05) is 6.54 Å². The minimum atomic E-state index is -5.06. The molecule has 2 aromatic rings. The highest BCUT2D eigenvalue weighted by molar-refractivity contribution is 5.67. The summed E-state index contributed by atoms with van der Waals surface area (Å²) in [4.78, 5) is 13.0. The van der Waals surface area contributed by atoms with Crippen LogP contribution >= 0.6 is 0 Å².